The minimum Gasteiger partial charge on any atom is -0.467 e. The summed E-state index contributed by atoms with van der Waals surface area (Å²) in [7, 11) is 1.25. The van der Waals surface area contributed by atoms with Gasteiger partial charge in [-0.25, -0.2) is 13.6 Å². The first-order valence-electron chi connectivity index (χ1n) is 6.70. The van der Waals surface area contributed by atoms with Crippen molar-refractivity contribution in [1.29, 1.82) is 0 Å². The summed E-state index contributed by atoms with van der Waals surface area (Å²) in [6, 6.07) is 2.50. The summed E-state index contributed by atoms with van der Waals surface area (Å²) < 4.78 is 30.5. The summed E-state index contributed by atoms with van der Waals surface area (Å²) in [5, 5.41) is 2.57. The van der Waals surface area contributed by atoms with Crippen LogP contribution in [0.3, 0.4) is 0 Å². The largest absolute Gasteiger partial charge is 0.467 e. The fourth-order valence-corrected chi connectivity index (χ4v) is 1.86. The summed E-state index contributed by atoms with van der Waals surface area (Å²) in [6.45, 7) is 3.71. The maximum absolute atomic E-state index is 13.1. The molecule has 0 saturated carbocycles. The molecule has 0 heterocycles. The minimum absolute atomic E-state index is 0.0913. The number of halogens is 2. The summed E-state index contributed by atoms with van der Waals surface area (Å²) in [5.41, 5.74) is 0.333. The Balaban J connectivity index is 2.73. The number of benzene rings is 1. The molecule has 0 saturated heterocycles. The average Bonchev–Trinajstić information content (AvgIpc) is 2.47. The predicted octanol–water partition coefficient (Wildman–Crippen LogP) is 2.21. The molecule has 4 nitrogen and oxygen atoms in total. The van der Waals surface area contributed by atoms with Crippen LogP contribution in [-0.4, -0.2) is 25.0 Å². The third kappa shape index (κ3) is 4.81. The van der Waals surface area contributed by atoms with Crippen molar-refractivity contribution in [3.63, 3.8) is 0 Å². The Hall–Kier alpha value is -1.98. The smallest absolute Gasteiger partial charge is 0.328 e. The lowest BCUT2D eigenvalue weighted by molar-refractivity contribution is -0.146. The minimum atomic E-state index is -1.01. The van der Waals surface area contributed by atoms with Crippen LogP contribution in [0.25, 0.3) is 0 Å². The second-order valence-electron chi connectivity index (χ2n) is 4.88. The van der Waals surface area contributed by atoms with E-state index in [1.54, 1.807) is 0 Å². The van der Waals surface area contributed by atoms with Crippen molar-refractivity contribution >= 4 is 11.9 Å². The van der Waals surface area contributed by atoms with E-state index < -0.39 is 29.6 Å². The van der Waals surface area contributed by atoms with E-state index in [0.717, 1.165) is 12.1 Å². The fourth-order valence-electron chi connectivity index (χ4n) is 1.86. The monoisotopic (exact) mass is 299 g/mol. The van der Waals surface area contributed by atoms with Crippen LogP contribution >= 0.6 is 0 Å². The van der Waals surface area contributed by atoms with E-state index in [0.29, 0.717) is 12.0 Å². The first kappa shape index (κ1) is 17.1. The first-order valence-corrected chi connectivity index (χ1v) is 6.70. The van der Waals surface area contributed by atoms with Crippen LogP contribution in [-0.2, 0) is 20.7 Å². The SMILES string of the molecule is CC[C@H](C)[C@@H](NC(=O)Cc1ccc(F)c(F)c1)C(=O)OC. The van der Waals surface area contributed by atoms with Crippen molar-refractivity contribution in [3.05, 3.63) is 35.4 Å². The Morgan fingerprint density at radius 2 is 1.95 bits per heavy atom. The van der Waals surface area contributed by atoms with E-state index in [1.807, 2.05) is 13.8 Å². The summed E-state index contributed by atoms with van der Waals surface area (Å²) in [4.78, 5) is 23.6. The molecule has 0 aliphatic carbocycles. The van der Waals surface area contributed by atoms with Gasteiger partial charge in [0.15, 0.2) is 11.6 Å². The number of esters is 1. The number of ether oxygens (including phenoxy) is 1. The van der Waals surface area contributed by atoms with E-state index in [4.69, 9.17) is 0 Å². The Labute approximate surface area is 122 Å². The van der Waals surface area contributed by atoms with Crippen molar-refractivity contribution in [3.8, 4) is 0 Å². The number of nitrogens with one attached hydrogen (secondary N) is 1. The molecule has 0 aliphatic rings. The quantitative estimate of drug-likeness (QED) is 0.819. The molecule has 0 aromatic heterocycles. The van der Waals surface area contributed by atoms with Gasteiger partial charge in [-0.05, 0) is 23.6 Å². The van der Waals surface area contributed by atoms with Gasteiger partial charge in [-0.1, -0.05) is 26.3 Å². The van der Waals surface area contributed by atoms with E-state index in [-0.39, 0.29) is 12.3 Å². The van der Waals surface area contributed by atoms with Crippen LogP contribution in [0.5, 0.6) is 0 Å². The van der Waals surface area contributed by atoms with Gasteiger partial charge in [-0.3, -0.25) is 4.79 Å². The molecular weight excluding hydrogens is 280 g/mol. The van der Waals surface area contributed by atoms with E-state index in [9.17, 15) is 18.4 Å². The normalized spacial score (nSPS) is 13.4. The number of amides is 1. The Morgan fingerprint density at radius 1 is 1.29 bits per heavy atom. The van der Waals surface area contributed by atoms with Gasteiger partial charge in [0.1, 0.15) is 6.04 Å². The third-order valence-electron chi connectivity index (χ3n) is 3.33. The Bertz CT molecular complexity index is 520. The second-order valence-corrected chi connectivity index (χ2v) is 4.88. The van der Waals surface area contributed by atoms with Gasteiger partial charge in [0.2, 0.25) is 5.91 Å². The zero-order valence-electron chi connectivity index (χ0n) is 12.3. The van der Waals surface area contributed by atoms with Gasteiger partial charge in [0.25, 0.3) is 0 Å². The first-order chi connectivity index (χ1) is 9.88. The van der Waals surface area contributed by atoms with Crippen LogP contribution in [0.1, 0.15) is 25.8 Å². The highest BCUT2D eigenvalue weighted by Crippen LogP contribution is 2.12. The van der Waals surface area contributed by atoms with Crippen LogP contribution in [0.4, 0.5) is 8.78 Å². The molecule has 1 N–H and O–H groups in total. The summed E-state index contributed by atoms with van der Waals surface area (Å²) in [6.07, 6.45) is 0.548. The molecule has 0 fully saturated rings. The molecule has 1 aromatic carbocycles. The van der Waals surface area contributed by atoms with Gasteiger partial charge >= 0.3 is 5.97 Å². The van der Waals surface area contributed by atoms with E-state index in [2.05, 4.69) is 10.1 Å². The van der Waals surface area contributed by atoms with E-state index in [1.165, 1.54) is 13.2 Å². The van der Waals surface area contributed by atoms with E-state index >= 15 is 0 Å². The molecule has 116 valence electrons. The molecule has 1 rings (SSSR count). The highest BCUT2D eigenvalue weighted by Gasteiger charge is 2.26. The van der Waals surface area contributed by atoms with Gasteiger partial charge < -0.3 is 10.1 Å². The van der Waals surface area contributed by atoms with Crippen LogP contribution in [0.2, 0.25) is 0 Å². The number of carbonyl (C=O) groups is 2. The topological polar surface area (TPSA) is 55.4 Å². The molecule has 6 heteroatoms. The molecule has 0 aliphatic heterocycles. The highest BCUT2D eigenvalue weighted by molar-refractivity contribution is 5.85. The summed E-state index contributed by atoms with van der Waals surface area (Å²) in [5.74, 6) is -3.04. The molecule has 0 spiro atoms. The van der Waals surface area contributed by atoms with Crippen LogP contribution in [0, 0.1) is 17.6 Å². The van der Waals surface area contributed by atoms with Gasteiger partial charge in [-0.15, -0.1) is 0 Å². The Kier molecular flexibility index (Phi) is 6.27. The van der Waals surface area contributed by atoms with Crippen molar-refractivity contribution in [2.75, 3.05) is 7.11 Å². The van der Waals surface area contributed by atoms with Crippen molar-refractivity contribution in [2.45, 2.75) is 32.7 Å². The highest BCUT2D eigenvalue weighted by atomic mass is 19.2. The average molecular weight is 299 g/mol. The third-order valence-corrected chi connectivity index (χ3v) is 3.33. The molecule has 1 aromatic rings. The van der Waals surface area contributed by atoms with Crippen molar-refractivity contribution in [2.24, 2.45) is 5.92 Å². The Morgan fingerprint density at radius 3 is 2.48 bits per heavy atom. The molecule has 0 bridgehead atoms. The molecule has 0 unspecified atom stereocenters. The molecule has 1 amide bonds. The van der Waals surface area contributed by atoms with Crippen molar-refractivity contribution in [1.82, 2.24) is 5.32 Å². The van der Waals surface area contributed by atoms with Gasteiger partial charge in [-0.2, -0.15) is 0 Å². The number of rotatable bonds is 6. The molecule has 21 heavy (non-hydrogen) atoms. The van der Waals surface area contributed by atoms with Crippen LogP contribution < -0.4 is 5.32 Å². The second kappa shape index (κ2) is 7.71. The lowest BCUT2D eigenvalue weighted by Crippen LogP contribution is -2.46. The number of methoxy groups -OCH3 is 1. The van der Waals surface area contributed by atoms with Gasteiger partial charge in [0.05, 0.1) is 13.5 Å². The number of hydrogen-bond acceptors (Lipinski definition) is 3. The molecule has 2 atom stereocenters. The zero-order valence-corrected chi connectivity index (χ0v) is 12.3. The number of carbonyl (C=O) groups excluding carboxylic acids is 2. The molecule has 0 radical (unpaired) electrons. The van der Waals surface area contributed by atoms with Gasteiger partial charge in [0, 0.05) is 0 Å². The predicted molar refractivity (Wildman–Crippen MR) is 73.5 cm³/mol. The van der Waals surface area contributed by atoms with Crippen molar-refractivity contribution < 1.29 is 23.1 Å². The fraction of sp³-hybridized carbons (Fsp3) is 0.467. The lowest BCUT2D eigenvalue weighted by atomic mass is 9.99. The molecular formula is C15H19F2NO3. The standard InChI is InChI=1S/C15H19F2NO3/c1-4-9(2)14(15(20)21-3)18-13(19)8-10-5-6-11(16)12(17)7-10/h5-7,9,14H,4,8H2,1-3H3,(H,18,19)/t9-,14+/m0/s1. The number of hydrogen-bond donors (Lipinski definition) is 1. The maximum atomic E-state index is 13.1. The summed E-state index contributed by atoms with van der Waals surface area (Å²) >= 11 is 0. The maximum Gasteiger partial charge on any atom is 0.328 e. The zero-order chi connectivity index (χ0) is 16.0. The van der Waals surface area contributed by atoms with Crippen LogP contribution in [0.15, 0.2) is 18.2 Å². The lowest BCUT2D eigenvalue weighted by Gasteiger charge is -2.21.